The zero-order chi connectivity index (χ0) is 21.3. The maximum atomic E-state index is 13.2. The normalized spacial score (nSPS) is 11.4. The van der Waals surface area contributed by atoms with Crippen LogP contribution in [0.2, 0.25) is 0 Å². The quantitative estimate of drug-likeness (QED) is 0.392. The summed E-state index contributed by atoms with van der Waals surface area (Å²) in [6.45, 7) is 5.73. The molecule has 0 amide bonds. The number of rotatable bonds is 8. The second-order valence-corrected chi connectivity index (χ2v) is 6.78. The van der Waals surface area contributed by atoms with Crippen LogP contribution in [0.15, 0.2) is 47.5 Å². The van der Waals surface area contributed by atoms with Gasteiger partial charge in [-0.1, -0.05) is 6.07 Å². The highest BCUT2D eigenvalue weighted by Gasteiger charge is 2.07. The van der Waals surface area contributed by atoms with Gasteiger partial charge in [0, 0.05) is 18.7 Å². The van der Waals surface area contributed by atoms with Crippen molar-refractivity contribution in [1.82, 2.24) is 25.8 Å². The number of ether oxygens (including phenoxy) is 1. The van der Waals surface area contributed by atoms with Crippen LogP contribution in [0.3, 0.4) is 0 Å². The summed E-state index contributed by atoms with van der Waals surface area (Å²) in [6, 6.07) is 12.5. The molecule has 0 bridgehead atoms. The number of nitrogens with one attached hydrogen (secondary N) is 3. The fraction of sp³-hybridized carbons (Fsp3) is 0.318. The number of aromatic nitrogens is 3. The van der Waals surface area contributed by atoms with Crippen LogP contribution in [0.5, 0.6) is 5.75 Å². The highest BCUT2D eigenvalue weighted by atomic mass is 19.1. The van der Waals surface area contributed by atoms with Crippen molar-refractivity contribution in [1.29, 1.82) is 0 Å². The minimum absolute atomic E-state index is 0.208. The molecule has 1 aromatic heterocycles. The third kappa shape index (κ3) is 5.79. The molecule has 3 N–H and O–H groups in total. The molecule has 3 rings (SSSR count). The van der Waals surface area contributed by atoms with Gasteiger partial charge in [0.15, 0.2) is 11.8 Å². The van der Waals surface area contributed by atoms with Gasteiger partial charge in [0.2, 0.25) is 0 Å². The third-order valence-corrected chi connectivity index (χ3v) is 4.60. The van der Waals surface area contributed by atoms with Gasteiger partial charge in [-0.15, -0.1) is 0 Å². The van der Waals surface area contributed by atoms with E-state index in [1.807, 2.05) is 44.2 Å². The van der Waals surface area contributed by atoms with E-state index in [9.17, 15) is 4.39 Å². The predicted molar refractivity (Wildman–Crippen MR) is 116 cm³/mol. The van der Waals surface area contributed by atoms with Crippen LogP contribution in [0.25, 0.3) is 11.4 Å². The molecule has 0 aliphatic heterocycles. The maximum absolute atomic E-state index is 13.2. The molecule has 158 valence electrons. The lowest BCUT2D eigenvalue weighted by Gasteiger charge is -2.12. The van der Waals surface area contributed by atoms with Crippen molar-refractivity contribution in [3.8, 4) is 17.1 Å². The Hall–Kier alpha value is -3.42. The Bertz CT molecular complexity index is 984. The minimum Gasteiger partial charge on any atom is -0.497 e. The zero-order valence-electron chi connectivity index (χ0n) is 17.5. The first-order valence-electron chi connectivity index (χ1n) is 9.92. The monoisotopic (exact) mass is 410 g/mol. The summed E-state index contributed by atoms with van der Waals surface area (Å²) in [5, 5.41) is 13.7. The van der Waals surface area contributed by atoms with Gasteiger partial charge in [0.05, 0.1) is 7.11 Å². The summed E-state index contributed by atoms with van der Waals surface area (Å²) in [5.41, 5.74) is 2.97. The Kier molecular flexibility index (Phi) is 7.37. The van der Waals surface area contributed by atoms with Crippen LogP contribution in [-0.4, -0.2) is 41.3 Å². The summed E-state index contributed by atoms with van der Waals surface area (Å²) < 4.78 is 18.4. The molecule has 0 radical (unpaired) electrons. The second kappa shape index (κ2) is 10.4. The zero-order valence-corrected chi connectivity index (χ0v) is 17.5. The number of aliphatic imine (C=N–C) groups is 1. The van der Waals surface area contributed by atoms with Gasteiger partial charge in [0.25, 0.3) is 0 Å². The Labute approximate surface area is 175 Å². The molecular weight excluding hydrogens is 383 g/mol. The molecule has 0 aliphatic carbocycles. The number of H-pyrrole nitrogens is 1. The smallest absolute Gasteiger partial charge is 0.191 e. The molecule has 7 nitrogen and oxygen atoms in total. The van der Waals surface area contributed by atoms with Gasteiger partial charge < -0.3 is 15.4 Å². The number of hydrogen-bond donors (Lipinski definition) is 3. The molecule has 0 aliphatic rings. The number of nitrogens with zero attached hydrogens (tertiary/aromatic N) is 3. The molecule has 0 unspecified atom stereocenters. The van der Waals surface area contributed by atoms with Crippen LogP contribution in [-0.2, 0) is 13.0 Å². The van der Waals surface area contributed by atoms with E-state index in [1.165, 1.54) is 6.07 Å². The lowest BCUT2D eigenvalue weighted by Crippen LogP contribution is -2.38. The molecule has 0 saturated carbocycles. The molecule has 0 saturated heterocycles. The lowest BCUT2D eigenvalue weighted by molar-refractivity contribution is 0.415. The van der Waals surface area contributed by atoms with Crippen LogP contribution < -0.4 is 15.4 Å². The Morgan fingerprint density at radius 3 is 2.67 bits per heavy atom. The van der Waals surface area contributed by atoms with Gasteiger partial charge in [-0.2, -0.15) is 5.10 Å². The molecule has 30 heavy (non-hydrogen) atoms. The van der Waals surface area contributed by atoms with E-state index in [2.05, 4.69) is 30.8 Å². The largest absolute Gasteiger partial charge is 0.497 e. The van der Waals surface area contributed by atoms with Gasteiger partial charge in [-0.3, -0.25) is 5.10 Å². The van der Waals surface area contributed by atoms with Crippen molar-refractivity contribution in [2.24, 2.45) is 4.99 Å². The Balaban J connectivity index is 1.58. The van der Waals surface area contributed by atoms with Gasteiger partial charge >= 0.3 is 0 Å². The van der Waals surface area contributed by atoms with Gasteiger partial charge in [0.1, 0.15) is 23.9 Å². The average Bonchev–Trinajstić information content (AvgIpc) is 3.22. The summed E-state index contributed by atoms with van der Waals surface area (Å²) in [4.78, 5) is 9.08. The summed E-state index contributed by atoms with van der Waals surface area (Å²) in [6.07, 6.45) is 0.778. The lowest BCUT2D eigenvalue weighted by atomic mass is 10.1. The highest BCUT2D eigenvalue weighted by molar-refractivity contribution is 5.79. The number of aryl methyl sites for hydroxylation is 1. The van der Waals surface area contributed by atoms with E-state index < -0.39 is 0 Å². The Morgan fingerprint density at radius 2 is 1.97 bits per heavy atom. The molecule has 0 spiro atoms. The van der Waals surface area contributed by atoms with E-state index >= 15 is 0 Å². The fourth-order valence-corrected chi connectivity index (χ4v) is 2.99. The number of benzene rings is 2. The maximum Gasteiger partial charge on any atom is 0.191 e. The highest BCUT2D eigenvalue weighted by Crippen LogP contribution is 2.19. The van der Waals surface area contributed by atoms with Crippen LogP contribution >= 0.6 is 0 Å². The van der Waals surface area contributed by atoms with E-state index in [1.54, 1.807) is 13.2 Å². The van der Waals surface area contributed by atoms with E-state index in [4.69, 9.17) is 4.74 Å². The van der Waals surface area contributed by atoms with Crippen molar-refractivity contribution < 1.29 is 9.13 Å². The summed E-state index contributed by atoms with van der Waals surface area (Å²) >= 11 is 0. The number of methoxy groups -OCH3 is 1. The van der Waals surface area contributed by atoms with Gasteiger partial charge in [-0.05, 0) is 67.8 Å². The molecular formula is C22H27FN6O. The van der Waals surface area contributed by atoms with Crippen molar-refractivity contribution >= 4 is 5.96 Å². The molecule has 1 heterocycles. The van der Waals surface area contributed by atoms with E-state index in [0.29, 0.717) is 30.7 Å². The van der Waals surface area contributed by atoms with Crippen molar-refractivity contribution in [2.75, 3.05) is 20.2 Å². The van der Waals surface area contributed by atoms with Crippen molar-refractivity contribution in [2.45, 2.75) is 26.8 Å². The van der Waals surface area contributed by atoms with Crippen molar-refractivity contribution in [3.63, 3.8) is 0 Å². The first-order valence-corrected chi connectivity index (χ1v) is 9.92. The van der Waals surface area contributed by atoms with Crippen LogP contribution in [0.4, 0.5) is 4.39 Å². The second-order valence-electron chi connectivity index (χ2n) is 6.78. The fourth-order valence-electron chi connectivity index (χ4n) is 2.99. The Morgan fingerprint density at radius 1 is 1.17 bits per heavy atom. The number of aromatic amines is 1. The topological polar surface area (TPSA) is 87.2 Å². The molecule has 0 fully saturated rings. The molecule has 8 heteroatoms. The number of guanidine groups is 1. The standard InChI is InChI=1S/C22H27FN6O/c1-4-24-22(25-12-11-16-5-8-18(23)13-15(16)2)26-14-20-27-21(29-28-20)17-6-9-19(30-3)10-7-17/h5-10,13H,4,11-12,14H2,1-3H3,(H2,24,25,26)(H,27,28,29). The van der Waals surface area contributed by atoms with Crippen LogP contribution in [0, 0.1) is 12.7 Å². The first-order chi connectivity index (χ1) is 14.6. The SMILES string of the molecule is CCNC(=NCc1nc(-c2ccc(OC)cc2)n[nH]1)NCCc1ccc(F)cc1C. The molecule has 0 atom stereocenters. The van der Waals surface area contributed by atoms with Gasteiger partial charge in [-0.25, -0.2) is 14.4 Å². The third-order valence-electron chi connectivity index (χ3n) is 4.60. The summed E-state index contributed by atoms with van der Waals surface area (Å²) in [7, 11) is 1.63. The van der Waals surface area contributed by atoms with Crippen molar-refractivity contribution in [3.05, 3.63) is 65.2 Å². The average molecular weight is 410 g/mol. The number of hydrogen-bond acceptors (Lipinski definition) is 4. The first kappa shape index (κ1) is 21.3. The molecule has 3 aromatic rings. The van der Waals surface area contributed by atoms with E-state index in [0.717, 1.165) is 35.4 Å². The number of halogens is 1. The van der Waals surface area contributed by atoms with Crippen LogP contribution in [0.1, 0.15) is 23.9 Å². The predicted octanol–water partition coefficient (Wildman–Crippen LogP) is 3.23. The minimum atomic E-state index is -0.208. The summed E-state index contributed by atoms with van der Waals surface area (Å²) in [5.74, 6) is 2.57. The molecule has 2 aromatic carbocycles. The van der Waals surface area contributed by atoms with E-state index in [-0.39, 0.29) is 5.82 Å².